The first-order chi connectivity index (χ1) is 8.72. The zero-order valence-corrected chi connectivity index (χ0v) is 11.4. The van der Waals surface area contributed by atoms with Gasteiger partial charge >= 0.3 is 0 Å². The maximum Gasteiger partial charge on any atom is 0.0678 e. The van der Waals surface area contributed by atoms with E-state index in [9.17, 15) is 0 Å². The van der Waals surface area contributed by atoms with Gasteiger partial charge in [0.1, 0.15) is 0 Å². The zero-order valence-electron chi connectivity index (χ0n) is 11.4. The number of hydrogen-bond donors (Lipinski definition) is 0. The fraction of sp³-hybridized carbons (Fsp3) is 0.625. The third-order valence-electron chi connectivity index (χ3n) is 4.29. The molecule has 1 fully saturated rings. The average molecular weight is 245 g/mol. The monoisotopic (exact) mass is 245 g/mol. The summed E-state index contributed by atoms with van der Waals surface area (Å²) in [6.07, 6.45) is 4.52. The van der Waals surface area contributed by atoms with Gasteiger partial charge in [0.05, 0.1) is 12.2 Å². The van der Waals surface area contributed by atoms with E-state index in [2.05, 4.69) is 43.0 Å². The lowest BCUT2D eigenvalue weighted by Crippen LogP contribution is -2.51. The smallest absolute Gasteiger partial charge is 0.0678 e. The number of benzene rings is 1. The van der Waals surface area contributed by atoms with E-state index >= 15 is 0 Å². The molecule has 0 N–H and O–H groups in total. The Bertz CT molecular complexity index is 407. The molecular formula is C16H23NO. The highest BCUT2D eigenvalue weighted by Gasteiger charge is 2.29. The lowest BCUT2D eigenvalue weighted by Gasteiger charge is -2.42. The largest absolute Gasteiger partial charge is 0.373 e. The summed E-state index contributed by atoms with van der Waals surface area (Å²) in [5, 5.41) is 0. The molecule has 1 aromatic rings. The van der Waals surface area contributed by atoms with E-state index in [1.807, 2.05) is 0 Å². The molecule has 0 spiro atoms. The Kier molecular flexibility index (Phi) is 3.40. The minimum Gasteiger partial charge on any atom is -0.373 e. The number of nitrogens with zero attached hydrogens (tertiary/aromatic N) is 1. The molecule has 3 atom stereocenters. The minimum absolute atomic E-state index is 0.380. The van der Waals surface area contributed by atoms with Crippen LogP contribution in [0.15, 0.2) is 24.3 Å². The second kappa shape index (κ2) is 5.02. The van der Waals surface area contributed by atoms with Crippen LogP contribution in [0.2, 0.25) is 0 Å². The third kappa shape index (κ3) is 2.45. The van der Waals surface area contributed by atoms with Crippen molar-refractivity contribution in [2.75, 3.05) is 13.1 Å². The molecule has 1 aliphatic carbocycles. The van der Waals surface area contributed by atoms with E-state index in [4.69, 9.17) is 4.74 Å². The summed E-state index contributed by atoms with van der Waals surface area (Å²) < 4.78 is 5.83. The standard InChI is InChI=1S/C16H23NO/c1-12-10-17(11-13(2)18-12)16-8-7-14-5-3-4-6-15(14)9-16/h3-6,12-13,16H,7-11H2,1-2H3/t12-,13-,16-/m1/s1. The van der Waals surface area contributed by atoms with E-state index in [1.54, 1.807) is 11.1 Å². The number of ether oxygens (including phenoxy) is 1. The zero-order chi connectivity index (χ0) is 12.5. The quantitative estimate of drug-likeness (QED) is 0.754. The molecular weight excluding hydrogens is 222 g/mol. The van der Waals surface area contributed by atoms with Crippen molar-refractivity contribution < 1.29 is 4.74 Å². The Morgan fingerprint density at radius 1 is 1.06 bits per heavy atom. The Balaban J connectivity index is 1.72. The summed E-state index contributed by atoms with van der Waals surface area (Å²) in [5.41, 5.74) is 3.11. The Hall–Kier alpha value is -0.860. The maximum absolute atomic E-state index is 5.83. The minimum atomic E-state index is 0.380. The van der Waals surface area contributed by atoms with E-state index in [-0.39, 0.29) is 0 Å². The maximum atomic E-state index is 5.83. The molecule has 3 rings (SSSR count). The molecule has 0 unspecified atom stereocenters. The molecule has 1 heterocycles. The number of aryl methyl sites for hydroxylation is 1. The van der Waals surface area contributed by atoms with Crippen molar-refractivity contribution in [1.82, 2.24) is 4.90 Å². The van der Waals surface area contributed by atoms with Gasteiger partial charge in [0.2, 0.25) is 0 Å². The second-order valence-corrected chi connectivity index (χ2v) is 5.88. The molecule has 1 saturated heterocycles. The van der Waals surface area contributed by atoms with Crippen molar-refractivity contribution in [3.05, 3.63) is 35.4 Å². The Labute approximate surface area is 110 Å². The van der Waals surface area contributed by atoms with Crippen LogP contribution in [0, 0.1) is 0 Å². The molecule has 1 aromatic carbocycles. The summed E-state index contributed by atoms with van der Waals surface area (Å²) >= 11 is 0. The van der Waals surface area contributed by atoms with E-state index in [0.717, 1.165) is 13.1 Å². The number of fused-ring (bicyclic) bond motifs is 1. The average Bonchev–Trinajstić information content (AvgIpc) is 2.37. The van der Waals surface area contributed by atoms with Crippen LogP contribution in [0.1, 0.15) is 31.4 Å². The summed E-state index contributed by atoms with van der Waals surface area (Å²) in [6.45, 7) is 6.58. The van der Waals surface area contributed by atoms with Crippen molar-refractivity contribution in [1.29, 1.82) is 0 Å². The van der Waals surface area contributed by atoms with Crippen molar-refractivity contribution >= 4 is 0 Å². The highest BCUT2D eigenvalue weighted by atomic mass is 16.5. The van der Waals surface area contributed by atoms with E-state index in [1.165, 1.54) is 19.3 Å². The van der Waals surface area contributed by atoms with Gasteiger partial charge in [-0.15, -0.1) is 0 Å². The van der Waals surface area contributed by atoms with Gasteiger partial charge in [0, 0.05) is 19.1 Å². The predicted octanol–water partition coefficient (Wildman–Crippen LogP) is 2.65. The van der Waals surface area contributed by atoms with Crippen molar-refractivity contribution in [2.24, 2.45) is 0 Å². The second-order valence-electron chi connectivity index (χ2n) is 5.88. The van der Waals surface area contributed by atoms with Crippen LogP contribution in [0.5, 0.6) is 0 Å². The molecule has 2 aliphatic rings. The van der Waals surface area contributed by atoms with Crippen LogP contribution < -0.4 is 0 Å². The molecule has 0 radical (unpaired) electrons. The molecule has 2 heteroatoms. The summed E-state index contributed by atoms with van der Waals surface area (Å²) in [4.78, 5) is 2.65. The third-order valence-corrected chi connectivity index (χ3v) is 4.29. The van der Waals surface area contributed by atoms with Crippen LogP contribution >= 0.6 is 0 Å². The molecule has 0 bridgehead atoms. The first kappa shape index (κ1) is 12.2. The molecule has 18 heavy (non-hydrogen) atoms. The molecule has 0 aromatic heterocycles. The van der Waals surface area contributed by atoms with Crippen molar-refractivity contribution in [2.45, 2.75) is 51.4 Å². The topological polar surface area (TPSA) is 12.5 Å². The first-order valence-corrected chi connectivity index (χ1v) is 7.18. The highest BCUT2D eigenvalue weighted by Crippen LogP contribution is 2.26. The van der Waals surface area contributed by atoms with Crippen LogP contribution in [0.25, 0.3) is 0 Å². The molecule has 0 amide bonds. The van der Waals surface area contributed by atoms with Crippen LogP contribution in [0.4, 0.5) is 0 Å². The predicted molar refractivity (Wildman–Crippen MR) is 73.8 cm³/mol. The first-order valence-electron chi connectivity index (χ1n) is 7.18. The molecule has 0 saturated carbocycles. The molecule has 98 valence electrons. The van der Waals surface area contributed by atoms with Gasteiger partial charge in [-0.1, -0.05) is 24.3 Å². The highest BCUT2D eigenvalue weighted by molar-refractivity contribution is 5.30. The van der Waals surface area contributed by atoms with Gasteiger partial charge in [-0.2, -0.15) is 0 Å². The number of hydrogen-bond acceptors (Lipinski definition) is 2. The Morgan fingerprint density at radius 3 is 2.44 bits per heavy atom. The fourth-order valence-corrected chi connectivity index (χ4v) is 3.51. The Morgan fingerprint density at radius 2 is 1.72 bits per heavy atom. The number of rotatable bonds is 1. The molecule has 1 aliphatic heterocycles. The van der Waals surface area contributed by atoms with Gasteiger partial charge < -0.3 is 4.74 Å². The van der Waals surface area contributed by atoms with Crippen molar-refractivity contribution in [3.8, 4) is 0 Å². The summed E-state index contributed by atoms with van der Waals surface area (Å²) in [5.74, 6) is 0. The van der Waals surface area contributed by atoms with E-state index in [0.29, 0.717) is 18.2 Å². The van der Waals surface area contributed by atoms with Crippen LogP contribution in [-0.4, -0.2) is 36.2 Å². The van der Waals surface area contributed by atoms with Gasteiger partial charge in [0.25, 0.3) is 0 Å². The SMILES string of the molecule is C[C@@H]1CN([C@@H]2CCc3ccccc3C2)C[C@@H](C)O1. The van der Waals surface area contributed by atoms with Crippen LogP contribution in [0.3, 0.4) is 0 Å². The lowest BCUT2D eigenvalue weighted by molar-refractivity contribution is -0.0816. The fourth-order valence-electron chi connectivity index (χ4n) is 3.51. The summed E-state index contributed by atoms with van der Waals surface area (Å²) in [6, 6.07) is 9.64. The van der Waals surface area contributed by atoms with Gasteiger partial charge in [-0.25, -0.2) is 0 Å². The van der Waals surface area contributed by atoms with Crippen molar-refractivity contribution in [3.63, 3.8) is 0 Å². The van der Waals surface area contributed by atoms with E-state index < -0.39 is 0 Å². The lowest BCUT2D eigenvalue weighted by atomic mass is 9.87. The van der Waals surface area contributed by atoms with Gasteiger partial charge in [0.15, 0.2) is 0 Å². The van der Waals surface area contributed by atoms with Crippen LogP contribution in [-0.2, 0) is 17.6 Å². The number of morpholine rings is 1. The summed E-state index contributed by atoms with van der Waals surface area (Å²) in [7, 11) is 0. The molecule has 2 nitrogen and oxygen atoms in total. The normalized spacial score (nSPS) is 33.1. The van der Waals surface area contributed by atoms with Gasteiger partial charge in [-0.05, 0) is 44.2 Å². The van der Waals surface area contributed by atoms with Gasteiger partial charge in [-0.3, -0.25) is 4.90 Å².